The molecule has 4 N–H and O–H groups in total. The number of carbonyl (C=O) groups is 3. The van der Waals surface area contributed by atoms with E-state index in [4.69, 9.17) is 21.8 Å². The third kappa shape index (κ3) is 6.62. The predicted molar refractivity (Wildman–Crippen MR) is 76.5 cm³/mol. The van der Waals surface area contributed by atoms with E-state index >= 15 is 0 Å². The zero-order valence-corrected chi connectivity index (χ0v) is 11.8. The summed E-state index contributed by atoms with van der Waals surface area (Å²) in [6.45, 7) is 0. The Labute approximate surface area is 125 Å². The van der Waals surface area contributed by atoms with E-state index in [1.807, 2.05) is 0 Å². The summed E-state index contributed by atoms with van der Waals surface area (Å²) < 4.78 is 0. The van der Waals surface area contributed by atoms with Gasteiger partial charge in [-0.3, -0.25) is 4.79 Å². The maximum atomic E-state index is 11.7. The van der Waals surface area contributed by atoms with Gasteiger partial charge >= 0.3 is 18.0 Å². The number of rotatable bonds is 7. The first-order valence-electron chi connectivity index (χ1n) is 6.16. The zero-order valence-electron chi connectivity index (χ0n) is 11.0. The summed E-state index contributed by atoms with van der Waals surface area (Å²) in [5.74, 6) is -2.23. The van der Waals surface area contributed by atoms with Crippen molar-refractivity contribution in [3.05, 3.63) is 29.3 Å². The molecule has 0 aliphatic rings. The SMILES string of the molecule is O=C(O)CCCC(NC(=O)Nc1cccc(Cl)c1)C(=O)O. The Morgan fingerprint density at radius 2 is 1.95 bits per heavy atom. The summed E-state index contributed by atoms with van der Waals surface area (Å²) in [4.78, 5) is 33.1. The molecular formula is C13H15ClN2O5. The number of nitrogens with one attached hydrogen (secondary N) is 2. The van der Waals surface area contributed by atoms with Crippen molar-refractivity contribution in [3.8, 4) is 0 Å². The molecule has 0 aromatic heterocycles. The van der Waals surface area contributed by atoms with E-state index in [0.717, 1.165) is 0 Å². The summed E-state index contributed by atoms with van der Waals surface area (Å²) in [6.07, 6.45) is 0.0374. The number of halogens is 1. The van der Waals surface area contributed by atoms with Crippen LogP contribution >= 0.6 is 11.6 Å². The van der Waals surface area contributed by atoms with Gasteiger partial charge in [0.2, 0.25) is 0 Å². The lowest BCUT2D eigenvalue weighted by Gasteiger charge is -2.14. The fourth-order valence-corrected chi connectivity index (χ4v) is 1.80. The van der Waals surface area contributed by atoms with Crippen molar-refractivity contribution in [2.45, 2.75) is 25.3 Å². The molecule has 0 aliphatic heterocycles. The molecule has 0 spiro atoms. The highest BCUT2D eigenvalue weighted by Crippen LogP contribution is 2.14. The van der Waals surface area contributed by atoms with Crippen molar-refractivity contribution < 1.29 is 24.6 Å². The molecule has 1 aromatic rings. The van der Waals surface area contributed by atoms with E-state index in [1.54, 1.807) is 18.2 Å². The summed E-state index contributed by atoms with van der Waals surface area (Å²) in [5.41, 5.74) is 0.426. The van der Waals surface area contributed by atoms with Crippen LogP contribution in [0.25, 0.3) is 0 Å². The second-order valence-corrected chi connectivity index (χ2v) is 4.72. The second-order valence-electron chi connectivity index (χ2n) is 4.29. The van der Waals surface area contributed by atoms with E-state index in [0.29, 0.717) is 10.7 Å². The molecule has 2 amide bonds. The molecule has 1 unspecified atom stereocenters. The summed E-state index contributed by atoms with van der Waals surface area (Å²) >= 11 is 5.76. The predicted octanol–water partition coefficient (Wildman–Crippen LogP) is 2.17. The van der Waals surface area contributed by atoms with E-state index in [1.165, 1.54) is 6.07 Å². The van der Waals surface area contributed by atoms with Crippen LogP contribution in [0.4, 0.5) is 10.5 Å². The van der Waals surface area contributed by atoms with Crippen LogP contribution in [0.3, 0.4) is 0 Å². The minimum absolute atomic E-state index is 0.0323. The average molecular weight is 315 g/mol. The summed E-state index contributed by atoms with van der Waals surface area (Å²) in [5, 5.41) is 22.7. The minimum Gasteiger partial charge on any atom is -0.481 e. The largest absolute Gasteiger partial charge is 0.481 e. The Kier molecular flexibility index (Phi) is 6.48. The molecule has 0 saturated carbocycles. The van der Waals surface area contributed by atoms with Crippen LogP contribution in [0.15, 0.2) is 24.3 Å². The smallest absolute Gasteiger partial charge is 0.326 e. The third-order valence-corrected chi connectivity index (χ3v) is 2.80. The first-order chi connectivity index (χ1) is 9.88. The molecule has 0 radical (unpaired) electrons. The molecular weight excluding hydrogens is 300 g/mol. The Morgan fingerprint density at radius 3 is 2.52 bits per heavy atom. The number of carboxylic acids is 2. The van der Waals surface area contributed by atoms with Crippen LogP contribution in [0.1, 0.15) is 19.3 Å². The van der Waals surface area contributed by atoms with Crippen molar-refractivity contribution >= 4 is 35.3 Å². The van der Waals surface area contributed by atoms with Gasteiger partial charge < -0.3 is 20.8 Å². The van der Waals surface area contributed by atoms with Gasteiger partial charge in [-0.25, -0.2) is 9.59 Å². The molecule has 0 fully saturated rings. The van der Waals surface area contributed by atoms with Crippen molar-refractivity contribution in [3.63, 3.8) is 0 Å². The Morgan fingerprint density at radius 1 is 1.24 bits per heavy atom. The number of hydrogen-bond donors (Lipinski definition) is 4. The van der Waals surface area contributed by atoms with Gasteiger partial charge in [0.1, 0.15) is 6.04 Å². The molecule has 8 heteroatoms. The molecule has 0 heterocycles. The van der Waals surface area contributed by atoms with Crippen LogP contribution in [-0.2, 0) is 9.59 Å². The normalized spacial score (nSPS) is 11.5. The second kappa shape index (κ2) is 8.11. The summed E-state index contributed by atoms with van der Waals surface area (Å²) in [6, 6.07) is 4.55. The van der Waals surface area contributed by atoms with E-state index < -0.39 is 24.0 Å². The maximum absolute atomic E-state index is 11.7. The number of anilines is 1. The van der Waals surface area contributed by atoms with Crippen LogP contribution in [-0.4, -0.2) is 34.2 Å². The zero-order chi connectivity index (χ0) is 15.8. The molecule has 114 valence electrons. The van der Waals surface area contributed by atoms with Gasteiger partial charge in [0.15, 0.2) is 0 Å². The van der Waals surface area contributed by atoms with Gasteiger partial charge in [0.25, 0.3) is 0 Å². The topological polar surface area (TPSA) is 116 Å². The van der Waals surface area contributed by atoms with Gasteiger partial charge in [0, 0.05) is 17.1 Å². The van der Waals surface area contributed by atoms with Crippen LogP contribution in [0.5, 0.6) is 0 Å². The van der Waals surface area contributed by atoms with Gasteiger partial charge in [-0.1, -0.05) is 17.7 Å². The Bertz CT molecular complexity index is 535. The van der Waals surface area contributed by atoms with Gasteiger partial charge in [0.05, 0.1) is 0 Å². The lowest BCUT2D eigenvalue weighted by Crippen LogP contribution is -2.43. The van der Waals surface area contributed by atoms with Crippen molar-refractivity contribution in [1.82, 2.24) is 5.32 Å². The highest BCUT2D eigenvalue weighted by Gasteiger charge is 2.20. The molecule has 7 nitrogen and oxygen atoms in total. The average Bonchev–Trinajstić information content (AvgIpc) is 2.36. The number of aliphatic carboxylic acids is 2. The highest BCUT2D eigenvalue weighted by atomic mass is 35.5. The Balaban J connectivity index is 2.52. The van der Waals surface area contributed by atoms with Crippen LogP contribution in [0.2, 0.25) is 5.02 Å². The fraction of sp³-hybridized carbons (Fsp3) is 0.308. The molecule has 0 bridgehead atoms. The molecule has 0 saturated heterocycles. The van der Waals surface area contributed by atoms with E-state index in [-0.39, 0.29) is 19.3 Å². The minimum atomic E-state index is -1.22. The van der Waals surface area contributed by atoms with Gasteiger partial charge in [-0.15, -0.1) is 0 Å². The van der Waals surface area contributed by atoms with Crippen molar-refractivity contribution in [2.24, 2.45) is 0 Å². The number of carboxylic acid groups (broad SMARTS) is 2. The standard InChI is InChI=1S/C13H15ClN2O5/c14-8-3-1-4-9(7-8)15-13(21)16-10(12(19)20)5-2-6-11(17)18/h1,3-4,7,10H,2,5-6H2,(H,17,18)(H,19,20)(H2,15,16,21). The highest BCUT2D eigenvalue weighted by molar-refractivity contribution is 6.30. The quantitative estimate of drug-likeness (QED) is 0.615. The molecule has 1 atom stereocenters. The van der Waals surface area contributed by atoms with Crippen LogP contribution in [0, 0.1) is 0 Å². The number of benzene rings is 1. The van der Waals surface area contributed by atoms with Gasteiger partial charge in [-0.2, -0.15) is 0 Å². The number of amides is 2. The Hall–Kier alpha value is -2.28. The lowest BCUT2D eigenvalue weighted by molar-refractivity contribution is -0.140. The molecule has 1 aromatic carbocycles. The first kappa shape index (κ1) is 16.8. The van der Waals surface area contributed by atoms with Crippen LogP contribution < -0.4 is 10.6 Å². The molecule has 1 rings (SSSR count). The number of carbonyl (C=O) groups excluding carboxylic acids is 1. The third-order valence-electron chi connectivity index (χ3n) is 2.57. The van der Waals surface area contributed by atoms with E-state index in [9.17, 15) is 14.4 Å². The van der Waals surface area contributed by atoms with E-state index in [2.05, 4.69) is 10.6 Å². The molecule has 0 aliphatic carbocycles. The summed E-state index contributed by atoms with van der Waals surface area (Å²) in [7, 11) is 0. The number of hydrogen-bond acceptors (Lipinski definition) is 3. The number of urea groups is 1. The van der Waals surface area contributed by atoms with Gasteiger partial charge in [-0.05, 0) is 31.0 Å². The fourth-order valence-electron chi connectivity index (χ4n) is 1.61. The molecule has 21 heavy (non-hydrogen) atoms. The van der Waals surface area contributed by atoms with Crippen molar-refractivity contribution in [2.75, 3.05) is 5.32 Å². The first-order valence-corrected chi connectivity index (χ1v) is 6.54. The van der Waals surface area contributed by atoms with Crippen molar-refractivity contribution in [1.29, 1.82) is 0 Å². The monoisotopic (exact) mass is 314 g/mol. The maximum Gasteiger partial charge on any atom is 0.326 e. The lowest BCUT2D eigenvalue weighted by atomic mass is 10.1.